The summed E-state index contributed by atoms with van der Waals surface area (Å²) >= 11 is 12.0. The molecule has 0 saturated carbocycles. The van der Waals surface area contributed by atoms with Gasteiger partial charge in [-0.2, -0.15) is 0 Å². The number of carbonyl (C=O) groups excluding carboxylic acids is 1. The van der Waals surface area contributed by atoms with Crippen LogP contribution in [0, 0.1) is 3.95 Å². The Bertz CT molecular complexity index is 648. The molecule has 0 unspecified atom stereocenters. The lowest BCUT2D eigenvalue weighted by molar-refractivity contribution is 0.101. The van der Waals surface area contributed by atoms with Crippen molar-refractivity contribution < 1.29 is 9.53 Å². The second-order valence-electron chi connectivity index (χ2n) is 3.32. The van der Waals surface area contributed by atoms with E-state index in [9.17, 15) is 4.79 Å². The number of ether oxygens (including phenoxy) is 1. The quantitative estimate of drug-likeness (QED) is 0.394. The number of nitrogens with two attached hydrogens (primary N) is 1. The van der Waals surface area contributed by atoms with Crippen molar-refractivity contribution in [2.45, 2.75) is 0 Å². The minimum Gasteiger partial charge on any atom is -0.494 e. The van der Waals surface area contributed by atoms with E-state index in [1.165, 1.54) is 18.4 Å². The van der Waals surface area contributed by atoms with Gasteiger partial charge >= 0.3 is 0 Å². The zero-order valence-corrected chi connectivity index (χ0v) is 11.3. The van der Waals surface area contributed by atoms with Crippen LogP contribution in [-0.2, 0) is 0 Å². The van der Waals surface area contributed by atoms with Crippen molar-refractivity contribution in [3.8, 4) is 5.75 Å². The topological polar surface area (TPSA) is 68.1 Å². The maximum atomic E-state index is 11.7. The first kappa shape index (κ1) is 12.3. The maximum Gasteiger partial charge on any atom is 0.181 e. The number of thiazole rings is 1. The highest BCUT2D eigenvalue weighted by Gasteiger charge is 2.18. The lowest BCUT2D eigenvalue weighted by atomic mass is 10.1. The molecule has 0 aliphatic rings. The third-order valence-electron chi connectivity index (χ3n) is 2.34. The summed E-state index contributed by atoms with van der Waals surface area (Å²) in [6.07, 6.45) is 0. The Morgan fingerprint density at radius 2 is 2.41 bits per heavy atom. The first-order chi connectivity index (χ1) is 8.08. The molecular weight excluding hydrogens is 280 g/mol. The number of carbonyl (C=O) groups is 1. The fourth-order valence-electron chi connectivity index (χ4n) is 1.60. The number of halogens is 1. The van der Waals surface area contributed by atoms with Gasteiger partial charge in [-0.05, 0) is 18.3 Å². The summed E-state index contributed by atoms with van der Waals surface area (Å²) < 4.78 is 6.58. The zero-order chi connectivity index (χ0) is 12.6. The Balaban J connectivity index is 2.83. The van der Waals surface area contributed by atoms with Crippen LogP contribution < -0.4 is 10.5 Å². The molecule has 0 aliphatic carbocycles. The fourth-order valence-corrected chi connectivity index (χ4v) is 2.90. The predicted molar refractivity (Wildman–Crippen MR) is 73.0 cm³/mol. The molecule has 1 heterocycles. The van der Waals surface area contributed by atoms with Crippen LogP contribution in [0.1, 0.15) is 10.4 Å². The molecule has 0 saturated heterocycles. The highest BCUT2D eigenvalue weighted by molar-refractivity contribution is 7.73. The van der Waals surface area contributed by atoms with Gasteiger partial charge in [-0.1, -0.05) is 0 Å². The summed E-state index contributed by atoms with van der Waals surface area (Å²) in [5.41, 5.74) is 7.41. The van der Waals surface area contributed by atoms with Crippen molar-refractivity contribution in [3.05, 3.63) is 15.6 Å². The van der Waals surface area contributed by atoms with Gasteiger partial charge in [0.25, 0.3) is 0 Å². The van der Waals surface area contributed by atoms with E-state index < -0.39 is 0 Å². The van der Waals surface area contributed by atoms with E-state index in [2.05, 4.69) is 4.98 Å². The lowest BCUT2D eigenvalue weighted by Crippen LogP contribution is -2.06. The largest absolute Gasteiger partial charge is 0.494 e. The Hall–Kier alpha value is -1.11. The van der Waals surface area contributed by atoms with Crippen molar-refractivity contribution in [1.82, 2.24) is 4.98 Å². The number of benzene rings is 1. The van der Waals surface area contributed by atoms with Gasteiger partial charge in [0.15, 0.2) is 15.5 Å². The fraction of sp³-hybridized carbons (Fsp3) is 0.200. The van der Waals surface area contributed by atoms with Crippen molar-refractivity contribution in [1.29, 1.82) is 0 Å². The molecule has 7 heteroatoms. The molecule has 1 aromatic carbocycles. The number of hydrogen-bond donors (Lipinski definition) is 2. The second kappa shape index (κ2) is 4.64. The van der Waals surface area contributed by atoms with Gasteiger partial charge in [-0.25, -0.2) is 0 Å². The van der Waals surface area contributed by atoms with Crippen molar-refractivity contribution >= 4 is 56.8 Å². The molecule has 2 aromatic rings. The number of aromatic amines is 1. The Labute approximate surface area is 111 Å². The molecule has 0 atom stereocenters. The first-order valence-corrected chi connectivity index (χ1v) is 6.42. The number of alkyl halides is 1. The molecule has 3 N–H and O–H groups in total. The molecule has 0 fully saturated rings. The minimum atomic E-state index is -0.226. The van der Waals surface area contributed by atoms with E-state index >= 15 is 0 Å². The van der Waals surface area contributed by atoms with Crippen LogP contribution in [0.15, 0.2) is 6.07 Å². The average molecular weight is 289 g/mol. The maximum absolute atomic E-state index is 11.7. The third-order valence-corrected chi connectivity index (χ3v) is 3.76. The van der Waals surface area contributed by atoms with Gasteiger partial charge < -0.3 is 15.5 Å². The molecule has 0 spiro atoms. The summed E-state index contributed by atoms with van der Waals surface area (Å²) in [7, 11) is 1.46. The smallest absolute Gasteiger partial charge is 0.181 e. The molecule has 0 aliphatic heterocycles. The van der Waals surface area contributed by atoms with E-state index in [1.54, 1.807) is 6.07 Å². The van der Waals surface area contributed by atoms with Crippen molar-refractivity contribution in [3.63, 3.8) is 0 Å². The highest BCUT2D eigenvalue weighted by Crippen LogP contribution is 2.36. The van der Waals surface area contributed by atoms with E-state index in [-0.39, 0.29) is 11.7 Å². The van der Waals surface area contributed by atoms with Crippen LogP contribution in [0.4, 0.5) is 5.69 Å². The molecule has 0 radical (unpaired) electrons. The van der Waals surface area contributed by atoms with Crippen LogP contribution >= 0.6 is 35.2 Å². The summed E-state index contributed by atoms with van der Waals surface area (Å²) in [6, 6.07) is 1.70. The summed E-state index contributed by atoms with van der Waals surface area (Å²) in [5.74, 6) is 0.000517. The number of anilines is 1. The predicted octanol–water partition coefficient (Wildman–Crippen LogP) is 2.97. The monoisotopic (exact) mass is 288 g/mol. The molecule has 90 valence electrons. The lowest BCUT2D eigenvalue weighted by Gasteiger charge is -2.10. The third kappa shape index (κ3) is 2.03. The molecule has 2 rings (SSSR count). The molecule has 4 nitrogen and oxygen atoms in total. The van der Waals surface area contributed by atoms with E-state index in [0.29, 0.717) is 26.5 Å². The molecule has 0 bridgehead atoms. The van der Waals surface area contributed by atoms with Crippen LogP contribution in [0.3, 0.4) is 0 Å². The number of methoxy groups -OCH3 is 1. The molecule has 0 amide bonds. The van der Waals surface area contributed by atoms with Crippen molar-refractivity contribution in [2.24, 2.45) is 0 Å². The SMILES string of the molecule is COc1c(C(=O)CCl)cc2sc(=S)[nH]c2c1N. The zero-order valence-electron chi connectivity index (χ0n) is 8.87. The van der Waals surface area contributed by atoms with E-state index in [0.717, 1.165) is 4.70 Å². The van der Waals surface area contributed by atoms with Gasteiger partial charge in [-0.15, -0.1) is 22.9 Å². The van der Waals surface area contributed by atoms with Gasteiger partial charge in [-0.3, -0.25) is 4.79 Å². The number of rotatable bonds is 3. The van der Waals surface area contributed by atoms with Crippen molar-refractivity contribution in [2.75, 3.05) is 18.7 Å². The standard InChI is InChI=1S/C10H9ClN2O2S2/c1-15-9-4(5(14)3-11)2-6-8(7(9)12)13-10(16)17-6/h2H,3,12H2,1H3,(H,13,16). The number of nitrogen functional groups attached to an aromatic ring is 1. The highest BCUT2D eigenvalue weighted by atomic mass is 35.5. The molecule has 1 aromatic heterocycles. The average Bonchev–Trinajstić information content (AvgIpc) is 2.69. The first-order valence-electron chi connectivity index (χ1n) is 4.67. The number of hydrogen-bond acceptors (Lipinski definition) is 5. The van der Waals surface area contributed by atoms with Gasteiger partial charge in [0.1, 0.15) is 5.69 Å². The van der Waals surface area contributed by atoms with E-state index in [4.69, 9.17) is 34.3 Å². The normalized spacial score (nSPS) is 10.7. The number of aromatic nitrogens is 1. The van der Waals surface area contributed by atoms with Crippen LogP contribution in [-0.4, -0.2) is 23.8 Å². The molecular formula is C10H9ClN2O2S2. The number of nitrogens with one attached hydrogen (secondary N) is 1. The minimum absolute atomic E-state index is 0.114. The van der Waals surface area contributed by atoms with Crippen LogP contribution in [0.2, 0.25) is 0 Å². The number of Topliss-reactive ketones (excluding diaryl/α,β-unsaturated/α-hetero) is 1. The summed E-state index contributed by atoms with van der Waals surface area (Å²) in [6.45, 7) is 0. The summed E-state index contributed by atoms with van der Waals surface area (Å²) in [5, 5.41) is 0. The second-order valence-corrected chi connectivity index (χ2v) is 5.30. The molecule has 17 heavy (non-hydrogen) atoms. The van der Waals surface area contributed by atoms with E-state index in [1.807, 2.05) is 0 Å². The number of H-pyrrole nitrogens is 1. The Morgan fingerprint density at radius 1 is 1.71 bits per heavy atom. The van der Waals surface area contributed by atoms with Gasteiger partial charge in [0.05, 0.1) is 28.8 Å². The van der Waals surface area contributed by atoms with Gasteiger partial charge in [0, 0.05) is 0 Å². The number of ketones is 1. The van der Waals surface area contributed by atoms with Gasteiger partial charge in [0.2, 0.25) is 0 Å². The Kier molecular flexibility index (Phi) is 3.37. The number of fused-ring (bicyclic) bond motifs is 1. The summed E-state index contributed by atoms with van der Waals surface area (Å²) in [4.78, 5) is 14.7. The van der Waals surface area contributed by atoms with Crippen LogP contribution in [0.5, 0.6) is 5.75 Å². The van der Waals surface area contributed by atoms with Crippen LogP contribution in [0.25, 0.3) is 10.2 Å². The Morgan fingerprint density at radius 3 is 3.00 bits per heavy atom.